The summed E-state index contributed by atoms with van der Waals surface area (Å²) in [6.45, 7) is 3.18. The fourth-order valence-corrected chi connectivity index (χ4v) is 3.48. The van der Waals surface area contributed by atoms with E-state index in [1.54, 1.807) is 18.3 Å². The van der Waals surface area contributed by atoms with Gasteiger partial charge in [0.25, 0.3) is 0 Å². The van der Waals surface area contributed by atoms with Gasteiger partial charge in [-0.15, -0.1) is 0 Å². The summed E-state index contributed by atoms with van der Waals surface area (Å²) in [6, 6.07) is 13.4. The molecule has 0 aliphatic heterocycles. The first-order valence-corrected chi connectivity index (χ1v) is 8.89. The van der Waals surface area contributed by atoms with Gasteiger partial charge >= 0.3 is 5.97 Å². The predicted molar refractivity (Wildman–Crippen MR) is 110 cm³/mol. The molecule has 0 unspecified atom stereocenters. The van der Waals surface area contributed by atoms with Crippen LogP contribution >= 0.6 is 0 Å². The van der Waals surface area contributed by atoms with Crippen molar-refractivity contribution in [2.75, 3.05) is 6.54 Å². The smallest absolute Gasteiger partial charge is 0.335 e. The molecule has 3 heterocycles. The number of pyridine rings is 1. The van der Waals surface area contributed by atoms with E-state index in [9.17, 15) is 9.90 Å². The van der Waals surface area contributed by atoms with E-state index < -0.39 is 5.97 Å². The van der Waals surface area contributed by atoms with Crippen molar-refractivity contribution in [1.29, 1.82) is 5.41 Å². The zero-order valence-corrected chi connectivity index (χ0v) is 15.3. The summed E-state index contributed by atoms with van der Waals surface area (Å²) in [4.78, 5) is 20.2. The average Bonchev–Trinajstić information content (AvgIpc) is 3.22. The van der Waals surface area contributed by atoms with E-state index >= 15 is 0 Å². The van der Waals surface area contributed by atoms with Gasteiger partial charge in [-0.05, 0) is 31.2 Å². The fraction of sp³-hybridized carbons (Fsp3) is 0.143. The van der Waals surface area contributed by atoms with E-state index in [4.69, 9.17) is 10.4 Å². The Morgan fingerprint density at radius 3 is 2.89 bits per heavy atom. The molecular formula is C21H19N5O2. The van der Waals surface area contributed by atoms with E-state index in [-0.39, 0.29) is 5.56 Å². The van der Waals surface area contributed by atoms with E-state index in [1.807, 2.05) is 23.5 Å². The standard InChI is InChI=1S/C21H19N5O2/c1-14-20(24-19-13-16(21(27)28)6-10-25(14)19)18-12-15-4-2-3-5-17(15)26(18)11-9-23-8-7-22/h2-8,10,12-13,22H,9,11H2,1H3,(H,27,28)/b22-7?,23-8-. The van der Waals surface area contributed by atoms with Crippen molar-refractivity contribution in [3.05, 3.63) is 59.9 Å². The Bertz CT molecular complexity index is 1230. The molecule has 140 valence electrons. The summed E-state index contributed by atoms with van der Waals surface area (Å²) in [5.74, 6) is -0.970. The monoisotopic (exact) mass is 373 g/mol. The third-order valence-electron chi connectivity index (χ3n) is 4.80. The number of nitrogens with one attached hydrogen (secondary N) is 1. The molecule has 0 saturated heterocycles. The van der Waals surface area contributed by atoms with Crippen LogP contribution in [-0.4, -0.2) is 44.0 Å². The average molecular weight is 373 g/mol. The number of hydrogen-bond donors (Lipinski definition) is 2. The first-order chi connectivity index (χ1) is 13.6. The highest BCUT2D eigenvalue weighted by atomic mass is 16.4. The second kappa shape index (κ2) is 7.11. The molecule has 0 radical (unpaired) electrons. The minimum atomic E-state index is -0.970. The molecule has 0 spiro atoms. The van der Waals surface area contributed by atoms with Crippen LogP contribution < -0.4 is 0 Å². The van der Waals surface area contributed by atoms with E-state index in [2.05, 4.69) is 27.8 Å². The first kappa shape index (κ1) is 17.7. The van der Waals surface area contributed by atoms with E-state index in [1.165, 1.54) is 12.4 Å². The molecule has 0 aliphatic rings. The maximum absolute atomic E-state index is 11.3. The van der Waals surface area contributed by atoms with Gasteiger partial charge in [0.1, 0.15) is 11.3 Å². The lowest BCUT2D eigenvalue weighted by atomic mass is 10.2. The SMILES string of the molecule is Cc1c(-c2cc3ccccc3n2CC/N=C\C=N)nc2cc(C(=O)O)ccn12. The van der Waals surface area contributed by atoms with Gasteiger partial charge in [-0.1, -0.05) is 18.2 Å². The summed E-state index contributed by atoms with van der Waals surface area (Å²) in [6.07, 6.45) is 4.39. The molecule has 7 heteroatoms. The van der Waals surface area contributed by atoms with Gasteiger partial charge in [0, 0.05) is 41.8 Å². The molecule has 0 aliphatic carbocycles. The van der Waals surface area contributed by atoms with Crippen molar-refractivity contribution < 1.29 is 9.90 Å². The number of benzene rings is 1. The maximum atomic E-state index is 11.3. The highest BCUT2D eigenvalue weighted by Crippen LogP contribution is 2.30. The Balaban J connectivity index is 1.88. The Hall–Kier alpha value is -3.74. The predicted octanol–water partition coefficient (Wildman–Crippen LogP) is 3.68. The number of carbonyl (C=O) groups is 1. The second-order valence-corrected chi connectivity index (χ2v) is 6.46. The number of hydrogen-bond acceptors (Lipinski definition) is 4. The number of nitrogens with zero attached hydrogens (tertiary/aromatic N) is 4. The van der Waals surface area contributed by atoms with Crippen LogP contribution in [0.15, 0.2) is 53.7 Å². The van der Waals surface area contributed by atoms with Crippen LogP contribution in [0.3, 0.4) is 0 Å². The van der Waals surface area contributed by atoms with Crippen molar-refractivity contribution in [3.63, 3.8) is 0 Å². The summed E-state index contributed by atoms with van der Waals surface area (Å²) in [7, 11) is 0. The van der Waals surface area contributed by atoms with Crippen molar-refractivity contribution in [2.24, 2.45) is 4.99 Å². The largest absolute Gasteiger partial charge is 0.478 e. The topological polar surface area (TPSA) is 95.7 Å². The normalized spacial score (nSPS) is 11.6. The number of imidazole rings is 1. The summed E-state index contributed by atoms with van der Waals surface area (Å²) < 4.78 is 4.07. The van der Waals surface area contributed by atoms with Gasteiger partial charge < -0.3 is 19.5 Å². The number of aliphatic imine (C=N–C) groups is 1. The summed E-state index contributed by atoms with van der Waals surface area (Å²) >= 11 is 0. The first-order valence-electron chi connectivity index (χ1n) is 8.89. The zero-order valence-electron chi connectivity index (χ0n) is 15.3. The Kier molecular flexibility index (Phi) is 4.49. The molecule has 0 saturated carbocycles. The quantitative estimate of drug-likeness (QED) is 0.505. The van der Waals surface area contributed by atoms with Crippen LogP contribution in [0, 0.1) is 12.3 Å². The fourth-order valence-electron chi connectivity index (χ4n) is 3.48. The van der Waals surface area contributed by atoms with Crippen molar-refractivity contribution >= 4 is 34.9 Å². The molecule has 0 bridgehead atoms. The van der Waals surface area contributed by atoms with E-state index in [0.717, 1.165) is 28.0 Å². The van der Waals surface area contributed by atoms with Gasteiger partial charge in [-0.3, -0.25) is 4.99 Å². The van der Waals surface area contributed by atoms with Gasteiger partial charge in [-0.2, -0.15) is 0 Å². The zero-order chi connectivity index (χ0) is 19.7. The number of aryl methyl sites for hydroxylation is 1. The molecular weight excluding hydrogens is 354 g/mol. The minimum Gasteiger partial charge on any atom is -0.478 e. The van der Waals surface area contributed by atoms with Crippen LogP contribution in [0.25, 0.3) is 27.9 Å². The molecule has 0 amide bonds. The third kappa shape index (κ3) is 2.96. The lowest BCUT2D eigenvalue weighted by molar-refractivity contribution is 0.0697. The highest BCUT2D eigenvalue weighted by Gasteiger charge is 2.17. The Morgan fingerprint density at radius 2 is 2.11 bits per heavy atom. The molecule has 4 rings (SSSR count). The Morgan fingerprint density at radius 1 is 1.29 bits per heavy atom. The molecule has 3 aromatic heterocycles. The molecule has 0 atom stereocenters. The number of fused-ring (bicyclic) bond motifs is 2. The Labute approximate surface area is 161 Å². The van der Waals surface area contributed by atoms with Gasteiger partial charge in [0.15, 0.2) is 0 Å². The second-order valence-electron chi connectivity index (χ2n) is 6.46. The highest BCUT2D eigenvalue weighted by molar-refractivity contribution is 6.14. The molecule has 0 fully saturated rings. The van der Waals surface area contributed by atoms with Gasteiger partial charge in [-0.25, -0.2) is 9.78 Å². The van der Waals surface area contributed by atoms with Crippen LogP contribution in [0.1, 0.15) is 16.1 Å². The van der Waals surface area contributed by atoms with Crippen molar-refractivity contribution in [2.45, 2.75) is 13.5 Å². The number of aromatic carboxylic acids is 1. The summed E-state index contributed by atoms with van der Waals surface area (Å²) in [5, 5.41) is 17.4. The van der Waals surface area contributed by atoms with Crippen molar-refractivity contribution in [1.82, 2.24) is 14.0 Å². The van der Waals surface area contributed by atoms with Gasteiger partial charge in [0.05, 0.1) is 17.8 Å². The van der Waals surface area contributed by atoms with Crippen molar-refractivity contribution in [3.8, 4) is 11.4 Å². The van der Waals surface area contributed by atoms with Gasteiger partial charge in [0.2, 0.25) is 0 Å². The molecule has 4 aromatic rings. The molecule has 7 nitrogen and oxygen atoms in total. The summed E-state index contributed by atoms with van der Waals surface area (Å²) in [5.41, 5.74) is 4.62. The lowest BCUT2D eigenvalue weighted by Crippen LogP contribution is -2.04. The minimum absolute atomic E-state index is 0.213. The van der Waals surface area contributed by atoms with Crippen LogP contribution in [-0.2, 0) is 6.54 Å². The maximum Gasteiger partial charge on any atom is 0.335 e. The number of para-hydroxylation sites is 1. The number of carboxylic acids is 1. The molecule has 1 aromatic carbocycles. The van der Waals surface area contributed by atoms with Crippen LogP contribution in [0.5, 0.6) is 0 Å². The number of carboxylic acid groups (broad SMARTS) is 1. The van der Waals surface area contributed by atoms with E-state index in [0.29, 0.717) is 18.7 Å². The number of aromatic nitrogens is 3. The number of rotatable bonds is 6. The molecule has 28 heavy (non-hydrogen) atoms. The third-order valence-corrected chi connectivity index (χ3v) is 4.80. The molecule has 2 N–H and O–H groups in total. The van der Waals surface area contributed by atoms with Crippen LogP contribution in [0.4, 0.5) is 0 Å². The van der Waals surface area contributed by atoms with Crippen LogP contribution in [0.2, 0.25) is 0 Å². The lowest BCUT2D eigenvalue weighted by Gasteiger charge is -2.08.